The highest BCUT2D eigenvalue weighted by molar-refractivity contribution is 7.80. The van der Waals surface area contributed by atoms with E-state index >= 15 is 0 Å². The quantitative estimate of drug-likeness (QED) is 0.709. The van der Waals surface area contributed by atoms with Crippen LogP contribution in [0.5, 0.6) is 0 Å². The topological polar surface area (TPSA) is 41.3 Å². The second kappa shape index (κ2) is 8.06. The van der Waals surface area contributed by atoms with Crippen LogP contribution in [-0.4, -0.2) is 36.1 Å². The molecule has 18 heavy (non-hydrogen) atoms. The van der Waals surface area contributed by atoms with Crippen LogP contribution in [0, 0.1) is 0 Å². The predicted octanol–water partition coefficient (Wildman–Crippen LogP) is 2.46. The fourth-order valence-corrected chi connectivity index (χ4v) is 1.99. The summed E-state index contributed by atoms with van der Waals surface area (Å²) in [5.74, 6) is 0. The number of nitrogens with one attached hydrogen (secondary N) is 1. The number of benzene rings is 1. The summed E-state index contributed by atoms with van der Waals surface area (Å²) in [5, 5.41) is 3.41. The van der Waals surface area contributed by atoms with Gasteiger partial charge in [-0.15, -0.1) is 0 Å². The zero-order valence-electron chi connectivity index (χ0n) is 11.3. The van der Waals surface area contributed by atoms with Crippen LogP contribution in [-0.2, 0) is 0 Å². The Bertz CT molecular complexity index is 362. The van der Waals surface area contributed by atoms with Crippen molar-refractivity contribution in [2.45, 2.75) is 20.3 Å². The largest absolute Gasteiger partial charge is 0.389 e. The molecule has 0 aliphatic heterocycles. The zero-order valence-corrected chi connectivity index (χ0v) is 12.1. The van der Waals surface area contributed by atoms with E-state index in [1.54, 1.807) is 0 Å². The lowest BCUT2D eigenvalue weighted by Gasteiger charge is -2.19. The third kappa shape index (κ3) is 5.02. The molecule has 3 N–H and O–H groups in total. The van der Waals surface area contributed by atoms with Crippen LogP contribution in [0.2, 0.25) is 0 Å². The summed E-state index contributed by atoms with van der Waals surface area (Å²) >= 11 is 4.92. The van der Waals surface area contributed by atoms with Crippen molar-refractivity contribution < 1.29 is 0 Å². The van der Waals surface area contributed by atoms with Crippen molar-refractivity contribution in [3.63, 3.8) is 0 Å². The monoisotopic (exact) mass is 265 g/mol. The molecule has 0 aromatic heterocycles. The van der Waals surface area contributed by atoms with Crippen LogP contribution in [0.25, 0.3) is 0 Å². The minimum Gasteiger partial charge on any atom is -0.389 e. The molecule has 0 saturated heterocycles. The molecule has 0 fully saturated rings. The van der Waals surface area contributed by atoms with Gasteiger partial charge in [-0.25, -0.2) is 0 Å². The average molecular weight is 265 g/mol. The molecule has 3 nitrogen and oxygen atoms in total. The van der Waals surface area contributed by atoms with Crippen molar-refractivity contribution in [2.75, 3.05) is 31.5 Å². The second-order valence-electron chi connectivity index (χ2n) is 4.30. The Morgan fingerprint density at radius 3 is 2.39 bits per heavy atom. The van der Waals surface area contributed by atoms with Gasteiger partial charge in [-0.3, -0.25) is 0 Å². The Balaban J connectivity index is 2.37. The standard InChI is InChI=1S/C14H23N3S/c1-3-10-17(4-2)11-9-16-13-7-5-12(6-8-13)14(15)18/h5-8,16H,3-4,9-11H2,1-2H3,(H2,15,18). The first-order valence-electron chi connectivity index (χ1n) is 6.53. The molecule has 1 aromatic carbocycles. The molecule has 0 amide bonds. The van der Waals surface area contributed by atoms with Crippen LogP contribution >= 0.6 is 12.2 Å². The molecule has 0 bridgehead atoms. The van der Waals surface area contributed by atoms with E-state index in [9.17, 15) is 0 Å². The normalized spacial score (nSPS) is 10.6. The second-order valence-corrected chi connectivity index (χ2v) is 4.74. The van der Waals surface area contributed by atoms with E-state index in [2.05, 4.69) is 24.1 Å². The number of hydrogen-bond acceptors (Lipinski definition) is 3. The summed E-state index contributed by atoms with van der Waals surface area (Å²) in [6, 6.07) is 7.94. The van der Waals surface area contributed by atoms with Gasteiger partial charge in [0, 0.05) is 24.3 Å². The van der Waals surface area contributed by atoms with Gasteiger partial charge in [-0.2, -0.15) is 0 Å². The van der Waals surface area contributed by atoms with Gasteiger partial charge in [0.1, 0.15) is 4.99 Å². The molecular weight excluding hydrogens is 242 g/mol. The summed E-state index contributed by atoms with van der Waals surface area (Å²) in [5.41, 5.74) is 7.59. The number of likely N-dealkylation sites (N-methyl/N-ethyl adjacent to an activating group) is 1. The van der Waals surface area contributed by atoms with Crippen LogP contribution in [0.4, 0.5) is 5.69 Å². The van der Waals surface area contributed by atoms with Gasteiger partial charge in [0.15, 0.2) is 0 Å². The first kappa shape index (κ1) is 14.9. The molecule has 0 saturated carbocycles. The van der Waals surface area contributed by atoms with Gasteiger partial charge < -0.3 is 16.0 Å². The molecule has 0 heterocycles. The molecule has 1 rings (SSSR count). The average Bonchev–Trinajstić information content (AvgIpc) is 2.38. The Hall–Kier alpha value is -1.13. The first-order valence-corrected chi connectivity index (χ1v) is 6.94. The molecule has 0 aliphatic rings. The van der Waals surface area contributed by atoms with Crippen molar-refractivity contribution in [1.29, 1.82) is 0 Å². The van der Waals surface area contributed by atoms with Crippen molar-refractivity contribution in [1.82, 2.24) is 4.90 Å². The number of hydrogen-bond donors (Lipinski definition) is 2. The van der Waals surface area contributed by atoms with Gasteiger partial charge >= 0.3 is 0 Å². The minimum atomic E-state index is 0.446. The van der Waals surface area contributed by atoms with Crippen LogP contribution in [0.15, 0.2) is 24.3 Å². The van der Waals surface area contributed by atoms with Crippen LogP contribution in [0.3, 0.4) is 0 Å². The maximum atomic E-state index is 5.56. The highest BCUT2D eigenvalue weighted by Crippen LogP contribution is 2.09. The summed E-state index contributed by atoms with van der Waals surface area (Å²) in [7, 11) is 0. The number of nitrogens with two attached hydrogens (primary N) is 1. The Labute approximate surface area is 115 Å². The molecule has 0 spiro atoms. The fraction of sp³-hybridized carbons (Fsp3) is 0.500. The van der Waals surface area contributed by atoms with Gasteiger partial charge in [-0.05, 0) is 43.8 Å². The van der Waals surface area contributed by atoms with E-state index in [0.717, 1.165) is 30.9 Å². The molecule has 0 radical (unpaired) electrons. The van der Waals surface area contributed by atoms with E-state index in [-0.39, 0.29) is 0 Å². The Morgan fingerprint density at radius 1 is 1.22 bits per heavy atom. The SMILES string of the molecule is CCCN(CC)CCNc1ccc(C(N)=S)cc1. The number of anilines is 1. The molecular formula is C14H23N3S. The van der Waals surface area contributed by atoms with Crippen molar-refractivity contribution >= 4 is 22.9 Å². The third-order valence-corrected chi connectivity index (χ3v) is 3.15. The van der Waals surface area contributed by atoms with E-state index in [4.69, 9.17) is 18.0 Å². The van der Waals surface area contributed by atoms with E-state index in [1.807, 2.05) is 24.3 Å². The molecule has 0 aliphatic carbocycles. The van der Waals surface area contributed by atoms with Gasteiger partial charge in [0.25, 0.3) is 0 Å². The van der Waals surface area contributed by atoms with E-state index in [1.165, 1.54) is 13.0 Å². The lowest BCUT2D eigenvalue weighted by molar-refractivity contribution is 0.300. The number of thiocarbonyl (C=S) groups is 1. The highest BCUT2D eigenvalue weighted by atomic mass is 32.1. The lowest BCUT2D eigenvalue weighted by atomic mass is 10.2. The van der Waals surface area contributed by atoms with Crippen molar-refractivity contribution in [2.24, 2.45) is 5.73 Å². The van der Waals surface area contributed by atoms with E-state index in [0.29, 0.717) is 4.99 Å². The minimum absolute atomic E-state index is 0.446. The van der Waals surface area contributed by atoms with Crippen molar-refractivity contribution in [3.05, 3.63) is 29.8 Å². The summed E-state index contributed by atoms with van der Waals surface area (Å²) < 4.78 is 0. The van der Waals surface area contributed by atoms with Crippen molar-refractivity contribution in [3.8, 4) is 0 Å². The Morgan fingerprint density at radius 2 is 1.89 bits per heavy atom. The predicted molar refractivity (Wildman–Crippen MR) is 83.2 cm³/mol. The molecule has 1 aromatic rings. The number of rotatable bonds is 8. The maximum Gasteiger partial charge on any atom is 0.103 e. The molecule has 0 unspecified atom stereocenters. The molecule has 4 heteroatoms. The first-order chi connectivity index (χ1) is 8.67. The van der Waals surface area contributed by atoms with Gasteiger partial charge in [-0.1, -0.05) is 26.1 Å². The van der Waals surface area contributed by atoms with Crippen LogP contribution < -0.4 is 11.1 Å². The summed E-state index contributed by atoms with van der Waals surface area (Å²) in [4.78, 5) is 2.89. The smallest absolute Gasteiger partial charge is 0.103 e. The van der Waals surface area contributed by atoms with Gasteiger partial charge in [0.2, 0.25) is 0 Å². The zero-order chi connectivity index (χ0) is 13.4. The lowest BCUT2D eigenvalue weighted by Crippen LogP contribution is -2.29. The summed E-state index contributed by atoms with van der Waals surface area (Å²) in [6.45, 7) is 8.72. The highest BCUT2D eigenvalue weighted by Gasteiger charge is 2.00. The fourth-order valence-electron chi connectivity index (χ4n) is 1.85. The number of nitrogens with zero attached hydrogens (tertiary/aromatic N) is 1. The molecule has 100 valence electrons. The maximum absolute atomic E-state index is 5.56. The van der Waals surface area contributed by atoms with Gasteiger partial charge in [0.05, 0.1) is 0 Å². The summed E-state index contributed by atoms with van der Waals surface area (Å²) in [6.07, 6.45) is 1.20. The third-order valence-electron chi connectivity index (χ3n) is 2.91. The van der Waals surface area contributed by atoms with E-state index < -0.39 is 0 Å². The van der Waals surface area contributed by atoms with Crippen LogP contribution in [0.1, 0.15) is 25.8 Å². The molecule has 0 atom stereocenters. The Kier molecular flexibility index (Phi) is 6.68.